The van der Waals surface area contributed by atoms with Crippen LogP contribution in [-0.2, 0) is 22.6 Å². The third kappa shape index (κ3) is 5.59. The third-order valence-corrected chi connectivity index (χ3v) is 6.25. The summed E-state index contributed by atoms with van der Waals surface area (Å²) in [7, 11) is 0. The Hall–Kier alpha value is -3.22. The average molecular weight is 478 g/mol. The minimum absolute atomic E-state index is 0.0848. The maximum absolute atomic E-state index is 13.4. The average Bonchev–Trinajstić information content (AvgIpc) is 3.13. The summed E-state index contributed by atoms with van der Waals surface area (Å²) in [5.74, 6) is -0.482. The van der Waals surface area contributed by atoms with Crippen molar-refractivity contribution in [1.82, 2.24) is 10.2 Å². The maximum Gasteiger partial charge on any atom is 0.257 e. The van der Waals surface area contributed by atoms with Crippen molar-refractivity contribution in [3.8, 4) is 0 Å². The van der Waals surface area contributed by atoms with Crippen LogP contribution in [0.4, 0.5) is 5.69 Å². The number of para-hydroxylation sites is 1. The number of hydrogen-bond donors (Lipinski definition) is 1. The zero-order valence-corrected chi connectivity index (χ0v) is 19.6. The van der Waals surface area contributed by atoms with Gasteiger partial charge in [0, 0.05) is 18.1 Å². The highest BCUT2D eigenvalue weighted by molar-refractivity contribution is 7.80. The zero-order chi connectivity index (χ0) is 23.2. The SMILES string of the molecule is O=C1CC(N(CCc2ccc(Cl)cc2)C(=S)NCc2ccccc2)C(=O)N1c1ccccc1. The van der Waals surface area contributed by atoms with Gasteiger partial charge in [0.1, 0.15) is 6.04 Å². The molecule has 1 unspecified atom stereocenters. The van der Waals surface area contributed by atoms with Gasteiger partial charge >= 0.3 is 0 Å². The number of benzene rings is 3. The minimum atomic E-state index is -0.652. The van der Waals surface area contributed by atoms with E-state index in [9.17, 15) is 9.59 Å². The Morgan fingerprint density at radius 1 is 0.939 bits per heavy atom. The lowest BCUT2D eigenvalue weighted by molar-refractivity contribution is -0.122. The standard InChI is InChI=1S/C26H24ClN3O2S/c27-21-13-11-19(12-14-21)15-16-29(26(33)28-18-20-7-3-1-4-8-20)23-17-24(31)30(25(23)32)22-9-5-2-6-10-22/h1-14,23H,15-18H2,(H,28,33). The Kier molecular flexibility index (Phi) is 7.37. The fourth-order valence-electron chi connectivity index (χ4n) is 3.88. The van der Waals surface area contributed by atoms with Crippen LogP contribution in [0.15, 0.2) is 84.9 Å². The Bertz CT molecular complexity index is 1120. The highest BCUT2D eigenvalue weighted by Crippen LogP contribution is 2.26. The lowest BCUT2D eigenvalue weighted by Crippen LogP contribution is -2.50. The lowest BCUT2D eigenvalue weighted by Gasteiger charge is -2.30. The molecule has 1 heterocycles. The molecule has 4 rings (SSSR count). The van der Waals surface area contributed by atoms with Crippen molar-refractivity contribution in [2.75, 3.05) is 11.4 Å². The number of hydrogen-bond acceptors (Lipinski definition) is 3. The molecule has 3 aromatic rings. The molecule has 5 nitrogen and oxygen atoms in total. The first-order chi connectivity index (χ1) is 16.0. The van der Waals surface area contributed by atoms with E-state index in [4.69, 9.17) is 23.8 Å². The van der Waals surface area contributed by atoms with Crippen LogP contribution in [0.25, 0.3) is 0 Å². The van der Waals surface area contributed by atoms with Crippen molar-refractivity contribution in [3.63, 3.8) is 0 Å². The van der Waals surface area contributed by atoms with E-state index in [1.165, 1.54) is 4.90 Å². The Morgan fingerprint density at radius 2 is 1.58 bits per heavy atom. The first kappa shape index (κ1) is 23.0. The summed E-state index contributed by atoms with van der Waals surface area (Å²) >= 11 is 11.7. The second kappa shape index (κ2) is 10.6. The number of rotatable bonds is 7. The van der Waals surface area contributed by atoms with Gasteiger partial charge in [0.25, 0.3) is 5.91 Å². The molecule has 2 amide bonds. The van der Waals surface area contributed by atoms with Gasteiger partial charge in [-0.1, -0.05) is 72.3 Å². The summed E-state index contributed by atoms with van der Waals surface area (Å²) in [5.41, 5.74) is 2.74. The summed E-state index contributed by atoms with van der Waals surface area (Å²) < 4.78 is 0. The van der Waals surface area contributed by atoms with Crippen LogP contribution in [0, 0.1) is 0 Å². The number of thiocarbonyl (C=S) groups is 1. The van der Waals surface area contributed by atoms with Crippen molar-refractivity contribution in [2.24, 2.45) is 0 Å². The van der Waals surface area contributed by atoms with Crippen molar-refractivity contribution >= 4 is 46.4 Å². The molecule has 0 saturated carbocycles. The van der Waals surface area contributed by atoms with E-state index >= 15 is 0 Å². The summed E-state index contributed by atoms with van der Waals surface area (Å²) in [6.45, 7) is 1.03. The van der Waals surface area contributed by atoms with E-state index in [1.54, 1.807) is 12.1 Å². The van der Waals surface area contributed by atoms with E-state index in [1.807, 2.05) is 77.7 Å². The van der Waals surface area contributed by atoms with Gasteiger partial charge in [0.05, 0.1) is 12.1 Å². The van der Waals surface area contributed by atoms with Gasteiger partial charge in [-0.3, -0.25) is 9.59 Å². The number of imide groups is 1. The number of carbonyl (C=O) groups is 2. The Morgan fingerprint density at radius 3 is 2.24 bits per heavy atom. The van der Waals surface area contributed by atoms with Crippen molar-refractivity contribution in [1.29, 1.82) is 0 Å². The molecule has 168 valence electrons. The maximum atomic E-state index is 13.4. The van der Waals surface area contributed by atoms with Crippen molar-refractivity contribution in [3.05, 3.63) is 101 Å². The van der Waals surface area contributed by atoms with Crippen LogP contribution < -0.4 is 10.2 Å². The van der Waals surface area contributed by atoms with Gasteiger partial charge < -0.3 is 10.2 Å². The highest BCUT2D eigenvalue weighted by Gasteiger charge is 2.43. The molecule has 33 heavy (non-hydrogen) atoms. The number of carbonyl (C=O) groups excluding carboxylic acids is 2. The van der Waals surface area contributed by atoms with Crippen LogP contribution in [0.1, 0.15) is 17.5 Å². The first-order valence-corrected chi connectivity index (χ1v) is 11.6. The molecule has 1 saturated heterocycles. The van der Waals surface area contributed by atoms with Crippen LogP contribution in [0.5, 0.6) is 0 Å². The van der Waals surface area contributed by atoms with Crippen LogP contribution in [-0.4, -0.2) is 34.4 Å². The monoisotopic (exact) mass is 477 g/mol. The normalized spacial score (nSPS) is 15.5. The van der Waals surface area contributed by atoms with E-state index < -0.39 is 6.04 Å². The molecular weight excluding hydrogens is 454 g/mol. The van der Waals surface area contributed by atoms with Gasteiger partial charge in [0.15, 0.2) is 5.11 Å². The highest BCUT2D eigenvalue weighted by atomic mass is 35.5. The topological polar surface area (TPSA) is 52.7 Å². The van der Waals surface area contributed by atoms with E-state index in [0.717, 1.165) is 11.1 Å². The third-order valence-electron chi connectivity index (χ3n) is 5.62. The minimum Gasteiger partial charge on any atom is -0.358 e. The van der Waals surface area contributed by atoms with Crippen molar-refractivity contribution < 1.29 is 9.59 Å². The fourth-order valence-corrected chi connectivity index (χ4v) is 4.30. The predicted molar refractivity (Wildman–Crippen MR) is 135 cm³/mol. The van der Waals surface area contributed by atoms with E-state index in [2.05, 4.69) is 5.32 Å². The molecule has 0 radical (unpaired) electrons. The molecule has 1 aliphatic heterocycles. The summed E-state index contributed by atoms with van der Waals surface area (Å²) in [4.78, 5) is 29.3. The molecule has 1 atom stereocenters. The molecule has 7 heteroatoms. The van der Waals surface area contributed by atoms with Crippen LogP contribution >= 0.6 is 23.8 Å². The van der Waals surface area contributed by atoms with E-state index in [-0.39, 0.29) is 18.2 Å². The lowest BCUT2D eigenvalue weighted by atomic mass is 10.1. The van der Waals surface area contributed by atoms with Gasteiger partial charge in [-0.2, -0.15) is 0 Å². The largest absolute Gasteiger partial charge is 0.358 e. The predicted octanol–water partition coefficient (Wildman–Crippen LogP) is 4.59. The fraction of sp³-hybridized carbons (Fsp3) is 0.192. The molecular formula is C26H24ClN3O2S. The second-order valence-electron chi connectivity index (χ2n) is 7.84. The Labute approximate surface area is 204 Å². The Balaban J connectivity index is 1.53. The molecule has 1 aliphatic rings. The smallest absolute Gasteiger partial charge is 0.257 e. The molecule has 1 fully saturated rings. The van der Waals surface area contributed by atoms with Gasteiger partial charge in [-0.05, 0) is 54.0 Å². The van der Waals surface area contributed by atoms with Gasteiger partial charge in [-0.15, -0.1) is 0 Å². The second-order valence-corrected chi connectivity index (χ2v) is 8.66. The number of halogens is 1. The number of anilines is 1. The first-order valence-electron chi connectivity index (χ1n) is 10.8. The van der Waals surface area contributed by atoms with E-state index in [0.29, 0.717) is 35.3 Å². The quantitative estimate of drug-likeness (QED) is 0.398. The molecule has 0 bridgehead atoms. The van der Waals surface area contributed by atoms with Crippen LogP contribution in [0.3, 0.4) is 0 Å². The van der Waals surface area contributed by atoms with Gasteiger partial charge in [-0.25, -0.2) is 4.90 Å². The summed E-state index contributed by atoms with van der Waals surface area (Å²) in [5, 5.41) is 4.39. The molecule has 0 aromatic heterocycles. The number of nitrogens with zero attached hydrogens (tertiary/aromatic N) is 2. The van der Waals surface area contributed by atoms with Gasteiger partial charge in [0.2, 0.25) is 5.91 Å². The number of amides is 2. The summed E-state index contributed by atoms with van der Waals surface area (Å²) in [6, 6.07) is 25.9. The zero-order valence-electron chi connectivity index (χ0n) is 18.0. The molecule has 3 aromatic carbocycles. The summed E-state index contributed by atoms with van der Waals surface area (Å²) in [6.07, 6.45) is 0.745. The molecule has 0 aliphatic carbocycles. The van der Waals surface area contributed by atoms with Crippen molar-refractivity contribution in [2.45, 2.75) is 25.4 Å². The molecule has 1 N–H and O–H groups in total. The molecule has 0 spiro atoms. The van der Waals surface area contributed by atoms with Crippen LogP contribution in [0.2, 0.25) is 5.02 Å². The number of nitrogens with one attached hydrogen (secondary N) is 1.